The van der Waals surface area contributed by atoms with Crippen LogP contribution in [-0.2, 0) is 17.8 Å². The number of carbonyl (C=O) groups is 1. The summed E-state index contributed by atoms with van der Waals surface area (Å²) in [5, 5.41) is 7.52. The van der Waals surface area contributed by atoms with Crippen molar-refractivity contribution in [2.75, 3.05) is 13.2 Å². The highest BCUT2D eigenvalue weighted by molar-refractivity contribution is 5.78. The predicted molar refractivity (Wildman–Crippen MR) is 95.0 cm³/mol. The molecule has 0 radical (unpaired) electrons. The minimum Gasteiger partial charge on any atom is -0.484 e. The van der Waals surface area contributed by atoms with Gasteiger partial charge in [0.15, 0.2) is 6.61 Å². The third-order valence-electron chi connectivity index (χ3n) is 4.49. The number of nitrogens with zero attached hydrogens (tertiary/aromatic N) is 2. The monoisotopic (exact) mass is 351 g/mol. The number of ether oxygens (including phenoxy) is 1. The van der Waals surface area contributed by atoms with Crippen LogP contribution >= 0.6 is 0 Å². The highest BCUT2D eigenvalue weighted by atomic mass is 19.1. The number of carbonyl (C=O) groups excluding carboxylic acids is 1. The van der Waals surface area contributed by atoms with Crippen molar-refractivity contribution in [3.8, 4) is 17.0 Å². The van der Waals surface area contributed by atoms with Gasteiger partial charge in [0, 0.05) is 42.4 Å². The maximum Gasteiger partial charge on any atom is 0.260 e. The molecule has 1 amide bonds. The largest absolute Gasteiger partial charge is 0.484 e. The molecule has 1 N–H and O–H groups in total. The van der Waals surface area contributed by atoms with Gasteiger partial charge in [-0.1, -0.05) is 36.4 Å². The van der Waals surface area contributed by atoms with Crippen LogP contribution in [0.25, 0.3) is 11.3 Å². The molecule has 0 fully saturated rings. The molecule has 0 spiro atoms. The number of H-pyrrole nitrogens is 1. The number of amides is 1. The van der Waals surface area contributed by atoms with Crippen molar-refractivity contribution in [1.29, 1.82) is 0 Å². The van der Waals surface area contributed by atoms with Crippen LogP contribution in [0.15, 0.2) is 54.6 Å². The van der Waals surface area contributed by atoms with E-state index in [0.29, 0.717) is 18.8 Å². The van der Waals surface area contributed by atoms with Crippen molar-refractivity contribution >= 4 is 5.91 Å². The Morgan fingerprint density at radius 1 is 1.19 bits per heavy atom. The van der Waals surface area contributed by atoms with Crippen LogP contribution in [0, 0.1) is 5.82 Å². The van der Waals surface area contributed by atoms with Crippen LogP contribution in [0.5, 0.6) is 5.75 Å². The molecule has 3 aromatic rings. The number of fused-ring (bicyclic) bond motifs is 1. The smallest absolute Gasteiger partial charge is 0.260 e. The first-order valence-corrected chi connectivity index (χ1v) is 8.48. The van der Waals surface area contributed by atoms with Crippen LogP contribution in [0.2, 0.25) is 0 Å². The quantitative estimate of drug-likeness (QED) is 0.785. The van der Waals surface area contributed by atoms with Crippen molar-refractivity contribution in [3.05, 3.63) is 71.7 Å². The lowest BCUT2D eigenvalue weighted by molar-refractivity contribution is -0.134. The molecule has 1 aliphatic rings. The molecule has 6 heteroatoms. The fourth-order valence-electron chi connectivity index (χ4n) is 3.14. The second kappa shape index (κ2) is 7.00. The Morgan fingerprint density at radius 3 is 2.85 bits per heavy atom. The van der Waals surface area contributed by atoms with Gasteiger partial charge in [0.1, 0.15) is 11.6 Å². The molecule has 1 aliphatic heterocycles. The molecule has 2 heterocycles. The molecule has 0 saturated heterocycles. The van der Waals surface area contributed by atoms with Gasteiger partial charge in [0.2, 0.25) is 0 Å². The zero-order chi connectivity index (χ0) is 17.9. The SMILES string of the molecule is O=C(COc1cccc(F)c1)N1CCc2[nH]nc(-c3ccccc3)c2C1. The maximum absolute atomic E-state index is 13.2. The lowest BCUT2D eigenvalue weighted by Crippen LogP contribution is -2.38. The summed E-state index contributed by atoms with van der Waals surface area (Å²) in [5.41, 5.74) is 4.01. The molecule has 0 aliphatic carbocycles. The van der Waals surface area contributed by atoms with E-state index in [-0.39, 0.29) is 18.3 Å². The Morgan fingerprint density at radius 2 is 2.04 bits per heavy atom. The number of hydrogen-bond acceptors (Lipinski definition) is 3. The van der Waals surface area contributed by atoms with Gasteiger partial charge in [-0.15, -0.1) is 0 Å². The highest BCUT2D eigenvalue weighted by Crippen LogP contribution is 2.28. The summed E-state index contributed by atoms with van der Waals surface area (Å²) >= 11 is 0. The van der Waals surface area contributed by atoms with E-state index >= 15 is 0 Å². The Bertz CT molecular complexity index is 924. The fourth-order valence-corrected chi connectivity index (χ4v) is 3.14. The summed E-state index contributed by atoms with van der Waals surface area (Å²) < 4.78 is 18.6. The molecule has 5 nitrogen and oxygen atoms in total. The summed E-state index contributed by atoms with van der Waals surface area (Å²) in [5.74, 6) is -0.159. The van der Waals surface area contributed by atoms with Gasteiger partial charge < -0.3 is 9.64 Å². The first kappa shape index (κ1) is 16.3. The third-order valence-corrected chi connectivity index (χ3v) is 4.49. The van der Waals surface area contributed by atoms with Crippen LogP contribution in [0.4, 0.5) is 4.39 Å². The number of nitrogens with one attached hydrogen (secondary N) is 1. The van der Waals surface area contributed by atoms with Crippen LogP contribution < -0.4 is 4.74 Å². The van der Waals surface area contributed by atoms with Gasteiger partial charge in [-0.2, -0.15) is 5.10 Å². The maximum atomic E-state index is 13.2. The molecular weight excluding hydrogens is 333 g/mol. The van der Waals surface area contributed by atoms with Crippen molar-refractivity contribution in [1.82, 2.24) is 15.1 Å². The number of benzene rings is 2. The van der Waals surface area contributed by atoms with E-state index in [1.54, 1.807) is 17.0 Å². The minimum atomic E-state index is -0.386. The van der Waals surface area contributed by atoms with E-state index < -0.39 is 0 Å². The molecule has 1 aromatic heterocycles. The number of hydrogen-bond donors (Lipinski definition) is 1. The van der Waals surface area contributed by atoms with Crippen LogP contribution in [0.1, 0.15) is 11.3 Å². The number of aromatic amines is 1. The number of halogens is 1. The van der Waals surface area contributed by atoms with Gasteiger partial charge in [-0.05, 0) is 12.1 Å². The molecular formula is C20H18FN3O2. The molecule has 132 valence electrons. The normalized spacial score (nSPS) is 13.3. The topological polar surface area (TPSA) is 58.2 Å². The van der Waals surface area contributed by atoms with Crippen LogP contribution in [0.3, 0.4) is 0 Å². The Kier molecular flexibility index (Phi) is 4.39. The third kappa shape index (κ3) is 3.31. The summed E-state index contributed by atoms with van der Waals surface area (Å²) in [6.45, 7) is 0.980. The van der Waals surface area contributed by atoms with Gasteiger partial charge in [-0.3, -0.25) is 9.89 Å². The summed E-state index contributed by atoms with van der Waals surface area (Å²) in [7, 11) is 0. The first-order valence-electron chi connectivity index (χ1n) is 8.48. The Hall–Kier alpha value is -3.15. The first-order chi connectivity index (χ1) is 12.7. The Labute approximate surface area is 150 Å². The molecule has 0 unspecified atom stereocenters. The average molecular weight is 351 g/mol. The molecule has 4 rings (SSSR count). The van der Waals surface area contributed by atoms with Gasteiger partial charge in [0.25, 0.3) is 5.91 Å². The standard InChI is InChI=1S/C20H18FN3O2/c21-15-7-4-8-16(11-15)26-13-19(25)24-10-9-18-17(12-24)20(23-22-18)14-5-2-1-3-6-14/h1-8,11H,9-10,12-13H2,(H,22,23). The Balaban J connectivity index is 1.46. The number of aromatic nitrogens is 2. The second-order valence-electron chi connectivity index (χ2n) is 6.21. The predicted octanol–water partition coefficient (Wildman–Crippen LogP) is 3.18. The average Bonchev–Trinajstić information content (AvgIpc) is 3.10. The number of rotatable bonds is 4. The van der Waals surface area contributed by atoms with E-state index in [2.05, 4.69) is 10.2 Å². The van der Waals surface area contributed by atoms with Gasteiger partial charge in [0.05, 0.1) is 5.69 Å². The van der Waals surface area contributed by atoms with Gasteiger partial charge >= 0.3 is 0 Å². The van der Waals surface area contributed by atoms with Crippen molar-refractivity contribution in [2.45, 2.75) is 13.0 Å². The van der Waals surface area contributed by atoms with Crippen molar-refractivity contribution in [3.63, 3.8) is 0 Å². The lowest BCUT2D eigenvalue weighted by atomic mass is 10.0. The fraction of sp³-hybridized carbons (Fsp3) is 0.200. The van der Waals surface area contributed by atoms with E-state index in [1.807, 2.05) is 30.3 Å². The second-order valence-corrected chi connectivity index (χ2v) is 6.21. The minimum absolute atomic E-state index is 0.114. The van der Waals surface area contributed by atoms with Gasteiger partial charge in [-0.25, -0.2) is 4.39 Å². The van der Waals surface area contributed by atoms with Crippen molar-refractivity contribution in [2.24, 2.45) is 0 Å². The van der Waals surface area contributed by atoms with Crippen LogP contribution in [-0.4, -0.2) is 34.2 Å². The van der Waals surface area contributed by atoms with E-state index in [4.69, 9.17) is 4.74 Å². The van der Waals surface area contributed by atoms with E-state index in [1.165, 1.54) is 12.1 Å². The van der Waals surface area contributed by atoms with Crippen molar-refractivity contribution < 1.29 is 13.9 Å². The molecule has 2 aromatic carbocycles. The summed E-state index contributed by atoms with van der Waals surface area (Å²) in [6.07, 6.45) is 0.723. The molecule has 0 bridgehead atoms. The lowest BCUT2D eigenvalue weighted by Gasteiger charge is -2.27. The summed E-state index contributed by atoms with van der Waals surface area (Å²) in [4.78, 5) is 14.3. The van der Waals surface area contributed by atoms with E-state index in [0.717, 1.165) is 28.9 Å². The zero-order valence-corrected chi connectivity index (χ0v) is 14.1. The highest BCUT2D eigenvalue weighted by Gasteiger charge is 2.25. The van der Waals surface area contributed by atoms with E-state index in [9.17, 15) is 9.18 Å². The zero-order valence-electron chi connectivity index (χ0n) is 14.1. The summed E-state index contributed by atoms with van der Waals surface area (Å²) in [6, 6.07) is 15.7. The molecule has 0 atom stereocenters. The molecule has 26 heavy (non-hydrogen) atoms. The molecule has 0 saturated carbocycles.